The van der Waals surface area contributed by atoms with Crippen molar-refractivity contribution in [2.45, 2.75) is 5.41 Å². The summed E-state index contributed by atoms with van der Waals surface area (Å²) in [6.45, 7) is 0. The van der Waals surface area contributed by atoms with Crippen LogP contribution in [0.1, 0.15) is 22.3 Å². The van der Waals surface area contributed by atoms with Crippen molar-refractivity contribution in [2.24, 2.45) is 0 Å². The van der Waals surface area contributed by atoms with Gasteiger partial charge in [0.15, 0.2) is 0 Å². The van der Waals surface area contributed by atoms with Gasteiger partial charge in [-0.2, -0.15) is 0 Å². The Morgan fingerprint density at radius 3 is 1.84 bits per heavy atom. The first kappa shape index (κ1) is 21.2. The standard InChI is InChI=1S/C35H21ClS/c36-31-19-18-30(33-27-20-22-10-4-5-11-23(22)21-32(27)37-34(31)33)35(24-12-2-1-3-13-24)28-16-8-6-14-25(28)26-15-7-9-17-29(26)35/h1-21H. The second-order valence-corrected chi connectivity index (χ2v) is 11.3. The van der Waals surface area contributed by atoms with Gasteiger partial charge < -0.3 is 0 Å². The van der Waals surface area contributed by atoms with E-state index in [-0.39, 0.29) is 0 Å². The van der Waals surface area contributed by atoms with Crippen molar-refractivity contribution in [2.75, 3.05) is 0 Å². The Morgan fingerprint density at radius 2 is 1.14 bits per heavy atom. The quantitative estimate of drug-likeness (QED) is 0.218. The zero-order valence-electron chi connectivity index (χ0n) is 19.9. The summed E-state index contributed by atoms with van der Waals surface area (Å²) >= 11 is 8.74. The molecule has 0 spiro atoms. The predicted octanol–water partition coefficient (Wildman–Crippen LogP) is 10.2. The van der Waals surface area contributed by atoms with E-state index in [1.807, 2.05) is 0 Å². The minimum atomic E-state index is -0.447. The summed E-state index contributed by atoms with van der Waals surface area (Å²) < 4.78 is 2.42. The van der Waals surface area contributed by atoms with E-state index in [9.17, 15) is 0 Å². The van der Waals surface area contributed by atoms with Crippen LogP contribution in [0.3, 0.4) is 0 Å². The van der Waals surface area contributed by atoms with E-state index in [0.717, 1.165) is 9.72 Å². The molecule has 0 unspecified atom stereocenters. The van der Waals surface area contributed by atoms with Crippen LogP contribution < -0.4 is 0 Å². The molecular weight excluding hydrogens is 488 g/mol. The Balaban J connectivity index is 1.61. The van der Waals surface area contributed by atoms with Gasteiger partial charge in [0.25, 0.3) is 0 Å². The van der Waals surface area contributed by atoms with Gasteiger partial charge in [0.2, 0.25) is 0 Å². The molecule has 1 aliphatic rings. The third-order valence-corrected chi connectivity index (χ3v) is 9.61. The molecule has 0 atom stereocenters. The monoisotopic (exact) mass is 508 g/mol. The molecule has 8 rings (SSSR count). The van der Waals surface area contributed by atoms with Gasteiger partial charge in [-0.3, -0.25) is 0 Å². The van der Waals surface area contributed by atoms with Crippen molar-refractivity contribution in [3.63, 3.8) is 0 Å². The summed E-state index contributed by atoms with van der Waals surface area (Å²) in [6.07, 6.45) is 0. The van der Waals surface area contributed by atoms with E-state index in [0.29, 0.717) is 0 Å². The minimum absolute atomic E-state index is 0.447. The summed E-state index contributed by atoms with van der Waals surface area (Å²) in [5, 5.41) is 5.85. The van der Waals surface area contributed by atoms with Crippen molar-refractivity contribution in [1.82, 2.24) is 0 Å². The highest BCUT2D eigenvalue weighted by atomic mass is 35.5. The van der Waals surface area contributed by atoms with Crippen LogP contribution in [0, 0.1) is 0 Å². The van der Waals surface area contributed by atoms with Gasteiger partial charge in [-0.1, -0.05) is 121 Å². The number of thiophene rings is 1. The Morgan fingerprint density at radius 1 is 0.541 bits per heavy atom. The van der Waals surface area contributed by atoms with Crippen LogP contribution in [0.25, 0.3) is 42.1 Å². The SMILES string of the molecule is Clc1ccc(C2(c3ccccc3)c3ccccc3-c3ccccc32)c2c1sc1cc3ccccc3cc12. The van der Waals surface area contributed by atoms with E-state index in [1.54, 1.807) is 11.3 Å². The topological polar surface area (TPSA) is 0 Å². The van der Waals surface area contributed by atoms with Gasteiger partial charge in [0.1, 0.15) is 0 Å². The molecule has 0 aliphatic heterocycles. The molecule has 6 aromatic carbocycles. The largest absolute Gasteiger partial charge is 0.134 e. The molecule has 7 aromatic rings. The van der Waals surface area contributed by atoms with Gasteiger partial charge >= 0.3 is 0 Å². The molecule has 0 radical (unpaired) electrons. The second kappa shape index (κ2) is 7.79. The van der Waals surface area contributed by atoms with Crippen LogP contribution >= 0.6 is 22.9 Å². The molecule has 0 fully saturated rings. The Hall–Kier alpha value is -3.91. The van der Waals surface area contributed by atoms with E-state index >= 15 is 0 Å². The Kier molecular flexibility index (Phi) is 4.47. The number of fused-ring (bicyclic) bond motifs is 7. The maximum atomic E-state index is 6.94. The molecule has 174 valence electrons. The van der Waals surface area contributed by atoms with Gasteiger partial charge in [0.05, 0.1) is 15.1 Å². The van der Waals surface area contributed by atoms with Crippen LogP contribution in [0.2, 0.25) is 5.02 Å². The van der Waals surface area contributed by atoms with E-state index in [4.69, 9.17) is 11.6 Å². The maximum absolute atomic E-state index is 6.94. The fourth-order valence-electron chi connectivity index (χ4n) is 6.53. The zero-order chi connectivity index (χ0) is 24.6. The molecule has 0 saturated heterocycles. The van der Waals surface area contributed by atoms with Crippen LogP contribution in [-0.2, 0) is 5.41 Å². The first-order chi connectivity index (χ1) is 18.3. The van der Waals surface area contributed by atoms with Gasteiger partial charge in [0, 0.05) is 15.5 Å². The summed E-state index contributed by atoms with van der Waals surface area (Å²) in [5.74, 6) is 0. The second-order valence-electron chi connectivity index (χ2n) is 9.80. The van der Waals surface area contributed by atoms with Crippen LogP contribution in [-0.4, -0.2) is 0 Å². The molecule has 0 amide bonds. The third kappa shape index (κ3) is 2.79. The van der Waals surface area contributed by atoms with Crippen LogP contribution in [0.4, 0.5) is 0 Å². The highest BCUT2D eigenvalue weighted by Gasteiger charge is 2.47. The normalized spacial score (nSPS) is 13.8. The number of hydrogen-bond acceptors (Lipinski definition) is 1. The smallest absolute Gasteiger partial charge is 0.0720 e. The minimum Gasteiger partial charge on any atom is -0.134 e. The van der Waals surface area contributed by atoms with Crippen molar-refractivity contribution in [3.05, 3.63) is 155 Å². The molecular formula is C35H21ClS. The lowest BCUT2D eigenvalue weighted by Gasteiger charge is -2.34. The fourth-order valence-corrected chi connectivity index (χ4v) is 7.96. The molecule has 1 aliphatic carbocycles. The van der Waals surface area contributed by atoms with Crippen LogP contribution in [0.5, 0.6) is 0 Å². The number of hydrogen-bond donors (Lipinski definition) is 0. The molecule has 0 nitrogen and oxygen atoms in total. The Bertz CT molecular complexity index is 1950. The first-order valence-corrected chi connectivity index (χ1v) is 13.7. The predicted molar refractivity (Wildman–Crippen MR) is 159 cm³/mol. The van der Waals surface area contributed by atoms with Gasteiger partial charge in [-0.25, -0.2) is 0 Å². The molecule has 1 heterocycles. The lowest BCUT2D eigenvalue weighted by atomic mass is 9.66. The van der Waals surface area contributed by atoms with Gasteiger partial charge in [-0.05, 0) is 62.4 Å². The summed E-state index contributed by atoms with van der Waals surface area (Å²) in [5.41, 5.74) is 7.37. The number of rotatable bonds is 2. The maximum Gasteiger partial charge on any atom is 0.0720 e. The van der Waals surface area contributed by atoms with Crippen molar-refractivity contribution in [1.29, 1.82) is 0 Å². The van der Waals surface area contributed by atoms with E-state index in [1.165, 1.54) is 59.6 Å². The van der Waals surface area contributed by atoms with Crippen molar-refractivity contribution >= 4 is 53.9 Å². The lowest BCUT2D eigenvalue weighted by molar-refractivity contribution is 0.777. The summed E-state index contributed by atoms with van der Waals surface area (Å²) in [7, 11) is 0. The highest BCUT2D eigenvalue weighted by molar-refractivity contribution is 7.26. The molecule has 2 heteroatoms. The molecule has 0 saturated carbocycles. The Labute approximate surface area is 224 Å². The lowest BCUT2D eigenvalue weighted by Crippen LogP contribution is -2.28. The fraction of sp³-hybridized carbons (Fsp3) is 0.0286. The van der Waals surface area contributed by atoms with Gasteiger partial charge in [-0.15, -0.1) is 11.3 Å². The molecule has 0 N–H and O–H groups in total. The van der Waals surface area contributed by atoms with Crippen LogP contribution in [0.15, 0.2) is 127 Å². The molecule has 1 aromatic heterocycles. The average Bonchev–Trinajstić information content (AvgIpc) is 3.47. The van der Waals surface area contributed by atoms with E-state index < -0.39 is 5.41 Å². The van der Waals surface area contributed by atoms with Crippen molar-refractivity contribution in [3.8, 4) is 11.1 Å². The summed E-state index contributed by atoms with van der Waals surface area (Å²) in [6, 6.07) is 46.5. The van der Waals surface area contributed by atoms with Crippen molar-refractivity contribution < 1.29 is 0 Å². The average molecular weight is 509 g/mol. The number of benzene rings is 6. The summed E-state index contributed by atoms with van der Waals surface area (Å²) in [4.78, 5) is 0. The third-order valence-electron chi connectivity index (χ3n) is 8.00. The zero-order valence-corrected chi connectivity index (χ0v) is 21.5. The first-order valence-electron chi connectivity index (χ1n) is 12.6. The highest BCUT2D eigenvalue weighted by Crippen LogP contribution is 2.58. The van der Waals surface area contributed by atoms with E-state index in [2.05, 4.69) is 127 Å². The molecule has 37 heavy (non-hydrogen) atoms. The number of halogens is 1. The molecule has 0 bridgehead atoms.